The van der Waals surface area contributed by atoms with Crippen LogP contribution in [-0.2, 0) is 16.0 Å². The number of thioether (sulfide) groups is 1. The SMILES string of the molecule is CC(Oc1ccc(F)c(F)c1)C(=O)Nc1ccc(CC(=O)N2CCSCC2)cc1. The van der Waals surface area contributed by atoms with E-state index in [9.17, 15) is 18.4 Å². The van der Waals surface area contributed by atoms with Gasteiger partial charge >= 0.3 is 0 Å². The highest BCUT2D eigenvalue weighted by Crippen LogP contribution is 2.18. The van der Waals surface area contributed by atoms with Gasteiger partial charge in [-0.05, 0) is 36.8 Å². The number of carbonyl (C=O) groups excluding carboxylic acids is 2. The molecule has 0 radical (unpaired) electrons. The minimum Gasteiger partial charge on any atom is -0.481 e. The zero-order valence-corrected chi connectivity index (χ0v) is 16.8. The normalized spacial score (nSPS) is 14.9. The molecular weight excluding hydrogens is 398 g/mol. The Labute approximate surface area is 172 Å². The third-order valence-corrected chi connectivity index (χ3v) is 5.46. The standard InChI is InChI=1S/C21H22F2N2O3S/c1-14(28-17-6-7-18(22)19(23)13-17)21(27)24-16-4-2-15(3-5-16)12-20(26)25-8-10-29-11-9-25/h2-7,13-14H,8-12H2,1H3,(H,24,27). The number of rotatable bonds is 6. The summed E-state index contributed by atoms with van der Waals surface area (Å²) >= 11 is 1.85. The fourth-order valence-electron chi connectivity index (χ4n) is 2.86. The molecule has 0 bridgehead atoms. The van der Waals surface area contributed by atoms with Crippen LogP contribution in [0.4, 0.5) is 14.5 Å². The zero-order chi connectivity index (χ0) is 20.8. The molecule has 1 aliphatic heterocycles. The van der Waals surface area contributed by atoms with Crippen LogP contribution >= 0.6 is 11.8 Å². The molecule has 8 heteroatoms. The first kappa shape index (κ1) is 21.1. The van der Waals surface area contributed by atoms with Crippen LogP contribution in [0.3, 0.4) is 0 Å². The molecule has 1 fully saturated rings. The number of ether oxygens (including phenoxy) is 1. The van der Waals surface area contributed by atoms with Gasteiger partial charge in [-0.2, -0.15) is 11.8 Å². The van der Waals surface area contributed by atoms with Crippen LogP contribution in [0.25, 0.3) is 0 Å². The van der Waals surface area contributed by atoms with Crippen LogP contribution in [0.2, 0.25) is 0 Å². The van der Waals surface area contributed by atoms with E-state index in [4.69, 9.17) is 4.74 Å². The number of anilines is 1. The van der Waals surface area contributed by atoms with Crippen LogP contribution in [0.1, 0.15) is 12.5 Å². The van der Waals surface area contributed by atoms with Gasteiger partial charge in [0.05, 0.1) is 6.42 Å². The minimum absolute atomic E-state index is 0.0662. The Morgan fingerprint density at radius 2 is 1.79 bits per heavy atom. The maximum Gasteiger partial charge on any atom is 0.265 e. The molecule has 0 aromatic heterocycles. The Morgan fingerprint density at radius 3 is 2.45 bits per heavy atom. The van der Waals surface area contributed by atoms with Gasteiger partial charge in [-0.3, -0.25) is 9.59 Å². The maximum atomic E-state index is 13.2. The summed E-state index contributed by atoms with van der Waals surface area (Å²) in [4.78, 5) is 26.5. The van der Waals surface area contributed by atoms with Crippen molar-refractivity contribution in [3.63, 3.8) is 0 Å². The van der Waals surface area contributed by atoms with Crippen LogP contribution in [-0.4, -0.2) is 47.4 Å². The Morgan fingerprint density at radius 1 is 1.10 bits per heavy atom. The van der Waals surface area contributed by atoms with Crippen molar-refractivity contribution in [2.24, 2.45) is 0 Å². The molecule has 2 aromatic carbocycles. The first-order valence-electron chi connectivity index (χ1n) is 9.29. The van der Waals surface area contributed by atoms with E-state index in [-0.39, 0.29) is 11.7 Å². The van der Waals surface area contributed by atoms with Crippen molar-refractivity contribution in [3.8, 4) is 5.75 Å². The minimum atomic E-state index is -1.04. The van der Waals surface area contributed by atoms with E-state index < -0.39 is 23.6 Å². The second-order valence-electron chi connectivity index (χ2n) is 6.69. The summed E-state index contributed by atoms with van der Waals surface area (Å²) in [6, 6.07) is 10.1. The fraction of sp³-hybridized carbons (Fsp3) is 0.333. The Bertz CT molecular complexity index is 871. The second kappa shape index (κ2) is 9.73. The summed E-state index contributed by atoms with van der Waals surface area (Å²) in [5, 5.41) is 2.70. The highest BCUT2D eigenvalue weighted by molar-refractivity contribution is 7.99. The lowest BCUT2D eigenvalue weighted by molar-refractivity contribution is -0.130. The first-order valence-corrected chi connectivity index (χ1v) is 10.4. The predicted molar refractivity (Wildman–Crippen MR) is 109 cm³/mol. The molecule has 5 nitrogen and oxygen atoms in total. The largest absolute Gasteiger partial charge is 0.481 e. The molecule has 2 aromatic rings. The lowest BCUT2D eigenvalue weighted by Gasteiger charge is -2.26. The topological polar surface area (TPSA) is 58.6 Å². The van der Waals surface area contributed by atoms with Crippen molar-refractivity contribution < 1.29 is 23.1 Å². The Kier molecular flexibility index (Phi) is 7.09. The number of nitrogens with one attached hydrogen (secondary N) is 1. The maximum absolute atomic E-state index is 13.2. The highest BCUT2D eigenvalue weighted by Gasteiger charge is 2.18. The number of carbonyl (C=O) groups is 2. The molecule has 29 heavy (non-hydrogen) atoms. The van der Waals surface area contributed by atoms with E-state index in [1.165, 1.54) is 13.0 Å². The van der Waals surface area contributed by atoms with Crippen molar-refractivity contribution in [3.05, 3.63) is 59.7 Å². The van der Waals surface area contributed by atoms with E-state index in [0.717, 1.165) is 42.3 Å². The number of benzene rings is 2. The number of amides is 2. The van der Waals surface area contributed by atoms with E-state index in [2.05, 4.69) is 5.32 Å². The Hall–Kier alpha value is -2.61. The highest BCUT2D eigenvalue weighted by atomic mass is 32.2. The smallest absolute Gasteiger partial charge is 0.265 e. The summed E-state index contributed by atoms with van der Waals surface area (Å²) < 4.78 is 31.6. The molecule has 1 aliphatic rings. The van der Waals surface area contributed by atoms with Gasteiger partial charge in [-0.15, -0.1) is 0 Å². The van der Waals surface area contributed by atoms with Gasteiger partial charge in [0.1, 0.15) is 5.75 Å². The van der Waals surface area contributed by atoms with Crippen LogP contribution in [0, 0.1) is 11.6 Å². The lowest BCUT2D eigenvalue weighted by atomic mass is 10.1. The number of hydrogen-bond donors (Lipinski definition) is 1. The monoisotopic (exact) mass is 420 g/mol. The molecule has 1 atom stereocenters. The number of nitrogens with zero attached hydrogens (tertiary/aromatic N) is 1. The van der Waals surface area contributed by atoms with Crippen LogP contribution in [0.5, 0.6) is 5.75 Å². The van der Waals surface area contributed by atoms with E-state index in [1.807, 2.05) is 16.7 Å². The summed E-state index contributed by atoms with van der Waals surface area (Å²) in [6.45, 7) is 3.08. The van der Waals surface area contributed by atoms with Gasteiger partial charge in [0.2, 0.25) is 5.91 Å². The Balaban J connectivity index is 1.52. The molecule has 0 saturated carbocycles. The number of hydrogen-bond acceptors (Lipinski definition) is 4. The van der Waals surface area contributed by atoms with Gasteiger partial charge in [-0.1, -0.05) is 12.1 Å². The molecule has 3 rings (SSSR count). The van der Waals surface area contributed by atoms with Gasteiger partial charge < -0.3 is 15.0 Å². The molecule has 1 N–H and O–H groups in total. The summed E-state index contributed by atoms with van der Waals surface area (Å²) in [7, 11) is 0. The lowest BCUT2D eigenvalue weighted by Crippen LogP contribution is -2.38. The van der Waals surface area contributed by atoms with E-state index >= 15 is 0 Å². The van der Waals surface area contributed by atoms with Gasteiger partial charge in [0, 0.05) is 36.3 Å². The molecule has 1 saturated heterocycles. The molecule has 0 spiro atoms. The van der Waals surface area contributed by atoms with Crippen molar-refractivity contribution in [2.45, 2.75) is 19.4 Å². The second-order valence-corrected chi connectivity index (χ2v) is 7.92. The molecule has 154 valence electrons. The summed E-state index contributed by atoms with van der Waals surface area (Å²) in [5.74, 6) is -0.324. The molecule has 0 aliphatic carbocycles. The van der Waals surface area contributed by atoms with Gasteiger partial charge in [0.15, 0.2) is 17.7 Å². The fourth-order valence-corrected chi connectivity index (χ4v) is 3.76. The average molecular weight is 420 g/mol. The van der Waals surface area contributed by atoms with Crippen molar-refractivity contribution >= 4 is 29.3 Å². The van der Waals surface area contributed by atoms with E-state index in [0.29, 0.717) is 12.1 Å². The predicted octanol–water partition coefficient (Wildman–Crippen LogP) is 3.49. The molecule has 1 heterocycles. The third-order valence-electron chi connectivity index (χ3n) is 4.51. The van der Waals surface area contributed by atoms with Gasteiger partial charge in [0.25, 0.3) is 5.91 Å². The third kappa shape index (κ3) is 5.93. The van der Waals surface area contributed by atoms with E-state index in [1.54, 1.807) is 24.3 Å². The first-order chi connectivity index (χ1) is 13.9. The van der Waals surface area contributed by atoms with Gasteiger partial charge in [-0.25, -0.2) is 8.78 Å². The quantitative estimate of drug-likeness (QED) is 0.777. The summed E-state index contributed by atoms with van der Waals surface area (Å²) in [6.07, 6.45) is -0.577. The van der Waals surface area contributed by atoms with Crippen molar-refractivity contribution in [1.82, 2.24) is 4.90 Å². The van der Waals surface area contributed by atoms with Crippen molar-refractivity contribution in [2.75, 3.05) is 29.9 Å². The van der Waals surface area contributed by atoms with Crippen molar-refractivity contribution in [1.29, 1.82) is 0 Å². The van der Waals surface area contributed by atoms with Crippen LogP contribution in [0.15, 0.2) is 42.5 Å². The zero-order valence-electron chi connectivity index (χ0n) is 16.0. The van der Waals surface area contributed by atoms with Crippen LogP contribution < -0.4 is 10.1 Å². The number of halogens is 2. The molecule has 2 amide bonds. The average Bonchev–Trinajstić information content (AvgIpc) is 2.72. The molecular formula is C21H22F2N2O3S. The molecule has 1 unspecified atom stereocenters. The summed E-state index contributed by atoms with van der Waals surface area (Å²) in [5.41, 5.74) is 1.43.